The minimum absolute atomic E-state index is 0.0955. The molecule has 134 valence electrons. The summed E-state index contributed by atoms with van der Waals surface area (Å²) in [4.78, 5) is 35.4. The van der Waals surface area contributed by atoms with E-state index in [1.807, 2.05) is 0 Å². The first-order valence-electron chi connectivity index (χ1n) is 7.47. The molecule has 0 saturated carbocycles. The molecule has 2 heterocycles. The number of aromatic nitrogens is 2. The molecular weight excluding hydrogens is 338 g/mol. The number of nitrogens with zero attached hydrogens (tertiary/aromatic N) is 3. The van der Waals surface area contributed by atoms with Crippen LogP contribution in [0, 0.1) is 12.8 Å². The van der Waals surface area contributed by atoms with Gasteiger partial charge in [0.05, 0.1) is 13.0 Å². The Balaban J connectivity index is 2.42. The van der Waals surface area contributed by atoms with Gasteiger partial charge in [-0.05, 0) is 19.8 Å². The Morgan fingerprint density at radius 2 is 1.67 bits per heavy atom. The Hall–Kier alpha value is -1.94. The monoisotopic (exact) mass is 359 g/mol. The number of methoxy groups -OCH3 is 1. The third-order valence-corrected chi connectivity index (χ3v) is 6.52. The summed E-state index contributed by atoms with van der Waals surface area (Å²) in [7, 11) is -0.0992. The first-order valence-corrected chi connectivity index (χ1v) is 8.91. The van der Waals surface area contributed by atoms with Crippen molar-refractivity contribution in [3.8, 4) is 0 Å². The molecule has 0 unspecified atom stereocenters. The van der Waals surface area contributed by atoms with Crippen molar-refractivity contribution in [2.75, 3.05) is 20.2 Å². The molecule has 0 aliphatic carbocycles. The van der Waals surface area contributed by atoms with Gasteiger partial charge in [-0.1, -0.05) is 0 Å². The minimum Gasteiger partial charge on any atom is -0.469 e. The fourth-order valence-corrected chi connectivity index (χ4v) is 4.66. The number of sulfonamides is 1. The lowest BCUT2D eigenvalue weighted by Gasteiger charge is -2.30. The van der Waals surface area contributed by atoms with Gasteiger partial charge in [-0.15, -0.1) is 0 Å². The molecule has 9 nitrogen and oxygen atoms in total. The first-order chi connectivity index (χ1) is 11.1. The lowest BCUT2D eigenvalue weighted by atomic mass is 9.99. The fraction of sp³-hybridized carbons (Fsp3) is 0.643. The van der Waals surface area contributed by atoms with Crippen LogP contribution in [-0.4, -0.2) is 48.0 Å². The molecule has 10 heteroatoms. The molecular formula is C14H21N3O6S. The van der Waals surface area contributed by atoms with Crippen molar-refractivity contribution in [3.63, 3.8) is 0 Å². The van der Waals surface area contributed by atoms with E-state index in [-0.39, 0.29) is 30.7 Å². The third-order valence-electron chi connectivity index (χ3n) is 4.49. The smallest absolute Gasteiger partial charge is 0.330 e. The minimum atomic E-state index is -4.05. The highest BCUT2D eigenvalue weighted by molar-refractivity contribution is 7.89. The Labute approximate surface area is 139 Å². The zero-order chi connectivity index (χ0) is 18.2. The highest BCUT2D eigenvalue weighted by Crippen LogP contribution is 2.24. The topological polar surface area (TPSA) is 108 Å². The molecule has 0 radical (unpaired) electrons. The van der Waals surface area contributed by atoms with Crippen LogP contribution < -0.4 is 11.2 Å². The van der Waals surface area contributed by atoms with Gasteiger partial charge in [0.1, 0.15) is 0 Å². The normalized spacial score (nSPS) is 17.0. The van der Waals surface area contributed by atoms with Crippen LogP contribution >= 0.6 is 0 Å². The molecule has 0 bridgehead atoms. The van der Waals surface area contributed by atoms with E-state index in [0.717, 1.165) is 9.13 Å². The van der Waals surface area contributed by atoms with Gasteiger partial charge >= 0.3 is 11.7 Å². The average molecular weight is 359 g/mol. The van der Waals surface area contributed by atoms with Gasteiger partial charge in [0.2, 0.25) is 10.0 Å². The highest BCUT2D eigenvalue weighted by atomic mass is 32.2. The van der Waals surface area contributed by atoms with Crippen molar-refractivity contribution in [1.82, 2.24) is 13.4 Å². The standard InChI is InChI=1S/C14H21N3O6S/c1-9-11(12(18)16(3)14(20)15(9)2)24(21,22)17-7-5-10(6-8-17)13(19)23-4/h10H,5-8H2,1-4H3. The van der Waals surface area contributed by atoms with Crippen LogP contribution in [0.1, 0.15) is 18.5 Å². The van der Waals surface area contributed by atoms with Gasteiger partial charge in [0.15, 0.2) is 4.90 Å². The number of carbonyl (C=O) groups excluding carboxylic acids is 1. The molecule has 1 saturated heterocycles. The molecule has 1 aliphatic rings. The number of rotatable bonds is 3. The molecule has 0 N–H and O–H groups in total. The second kappa shape index (κ2) is 6.52. The van der Waals surface area contributed by atoms with Crippen molar-refractivity contribution in [2.24, 2.45) is 20.0 Å². The summed E-state index contributed by atoms with van der Waals surface area (Å²) in [5.41, 5.74) is -1.33. The van der Waals surface area contributed by atoms with Crippen molar-refractivity contribution in [3.05, 3.63) is 26.5 Å². The summed E-state index contributed by atoms with van der Waals surface area (Å²) in [6, 6.07) is 0. The number of esters is 1. The summed E-state index contributed by atoms with van der Waals surface area (Å²) in [6.45, 7) is 1.66. The van der Waals surface area contributed by atoms with E-state index in [4.69, 9.17) is 0 Å². The SMILES string of the molecule is COC(=O)C1CCN(S(=O)(=O)c2c(C)n(C)c(=O)n(C)c2=O)CC1. The third kappa shape index (κ3) is 2.91. The maximum atomic E-state index is 12.9. The van der Waals surface area contributed by atoms with Crippen LogP contribution in [0.15, 0.2) is 14.5 Å². The largest absolute Gasteiger partial charge is 0.469 e. The first kappa shape index (κ1) is 18.4. The number of hydrogen-bond acceptors (Lipinski definition) is 6. The Morgan fingerprint density at radius 3 is 2.17 bits per heavy atom. The van der Waals surface area contributed by atoms with Crippen LogP contribution in [0.3, 0.4) is 0 Å². The lowest BCUT2D eigenvalue weighted by Crippen LogP contribution is -2.46. The van der Waals surface area contributed by atoms with Crippen molar-refractivity contribution >= 4 is 16.0 Å². The van der Waals surface area contributed by atoms with Gasteiger partial charge in [-0.25, -0.2) is 13.2 Å². The predicted molar refractivity (Wildman–Crippen MR) is 85.2 cm³/mol. The van der Waals surface area contributed by atoms with E-state index < -0.39 is 26.2 Å². The molecule has 2 rings (SSSR count). The predicted octanol–water partition coefficient (Wildman–Crippen LogP) is -1.03. The number of hydrogen-bond donors (Lipinski definition) is 0. The van der Waals surface area contributed by atoms with Gasteiger partial charge in [-0.2, -0.15) is 4.31 Å². The summed E-state index contributed by atoms with van der Waals surface area (Å²) < 4.78 is 33.5. The van der Waals surface area contributed by atoms with Crippen molar-refractivity contribution < 1.29 is 17.9 Å². The molecule has 1 aromatic rings. The van der Waals surface area contributed by atoms with Crippen molar-refractivity contribution in [1.29, 1.82) is 0 Å². The maximum Gasteiger partial charge on any atom is 0.330 e. The van der Waals surface area contributed by atoms with Crippen LogP contribution in [0.5, 0.6) is 0 Å². The second-order valence-corrected chi connectivity index (χ2v) is 7.70. The molecule has 0 aromatic carbocycles. The summed E-state index contributed by atoms with van der Waals surface area (Å²) >= 11 is 0. The van der Waals surface area contributed by atoms with E-state index in [1.54, 1.807) is 0 Å². The molecule has 1 fully saturated rings. The van der Waals surface area contributed by atoms with Gasteiger partial charge < -0.3 is 4.74 Å². The zero-order valence-corrected chi connectivity index (χ0v) is 14.9. The number of piperidine rings is 1. The van der Waals surface area contributed by atoms with Gasteiger partial charge in [-0.3, -0.25) is 18.7 Å². The van der Waals surface area contributed by atoms with Crippen LogP contribution in [0.25, 0.3) is 0 Å². The maximum absolute atomic E-state index is 12.9. The average Bonchev–Trinajstić information content (AvgIpc) is 2.57. The van der Waals surface area contributed by atoms with Crippen molar-refractivity contribution in [2.45, 2.75) is 24.7 Å². The van der Waals surface area contributed by atoms with Crippen LogP contribution in [0.4, 0.5) is 0 Å². The fourth-order valence-electron chi connectivity index (χ4n) is 2.84. The highest BCUT2D eigenvalue weighted by Gasteiger charge is 2.35. The quantitative estimate of drug-likeness (QED) is 0.639. The Morgan fingerprint density at radius 1 is 1.12 bits per heavy atom. The van der Waals surface area contributed by atoms with E-state index >= 15 is 0 Å². The molecule has 0 amide bonds. The molecule has 0 atom stereocenters. The van der Waals surface area contributed by atoms with E-state index in [1.165, 1.54) is 32.4 Å². The zero-order valence-electron chi connectivity index (χ0n) is 14.1. The lowest BCUT2D eigenvalue weighted by molar-refractivity contribution is -0.146. The second-order valence-electron chi connectivity index (χ2n) is 5.82. The molecule has 1 aliphatic heterocycles. The Bertz CT molecular complexity index is 875. The molecule has 1 aromatic heterocycles. The summed E-state index contributed by atoms with van der Waals surface area (Å²) in [6.07, 6.45) is 0.661. The molecule has 24 heavy (non-hydrogen) atoms. The Kier molecular flexibility index (Phi) is 5.00. The van der Waals surface area contributed by atoms with Crippen LogP contribution in [0.2, 0.25) is 0 Å². The van der Waals surface area contributed by atoms with E-state index in [9.17, 15) is 22.8 Å². The summed E-state index contributed by atoms with van der Waals surface area (Å²) in [5.74, 6) is -0.702. The number of carbonyl (C=O) groups is 1. The van der Waals surface area contributed by atoms with E-state index in [2.05, 4.69) is 4.74 Å². The summed E-state index contributed by atoms with van der Waals surface area (Å²) in [5, 5.41) is 0. The van der Waals surface area contributed by atoms with Gasteiger partial charge in [0, 0.05) is 32.9 Å². The van der Waals surface area contributed by atoms with Crippen LogP contribution in [-0.2, 0) is 33.7 Å². The number of ether oxygens (including phenoxy) is 1. The molecule has 0 spiro atoms. The van der Waals surface area contributed by atoms with E-state index in [0.29, 0.717) is 12.8 Å². The van der Waals surface area contributed by atoms with Gasteiger partial charge in [0.25, 0.3) is 5.56 Å².